The maximum Gasteiger partial charge on any atom is 0.515 e. The number of hydrogen-bond acceptors (Lipinski definition) is 3. The molecule has 0 rings (SSSR count). The van der Waals surface area contributed by atoms with Gasteiger partial charge in [0.15, 0.2) is 0 Å². The van der Waals surface area contributed by atoms with Gasteiger partial charge in [-0.2, -0.15) is 4.89 Å². The van der Waals surface area contributed by atoms with Crippen molar-refractivity contribution in [1.82, 2.24) is 0 Å². The molecular weight excluding hydrogens is 229 g/mol. The fourth-order valence-electron chi connectivity index (χ4n) is 0.522. The summed E-state index contributed by atoms with van der Waals surface area (Å²) in [4.78, 5) is 33.5. The van der Waals surface area contributed by atoms with Crippen LogP contribution in [-0.2, 0) is 13.7 Å². The molecule has 0 aromatic heterocycles. The normalized spacial score (nSPS) is 18.5. The van der Waals surface area contributed by atoms with Gasteiger partial charge in [-0.25, -0.2) is 0 Å². The third-order valence-electron chi connectivity index (χ3n) is 0.747. The summed E-state index contributed by atoms with van der Waals surface area (Å²) in [5.41, 5.74) is 0. The molecule has 0 aliphatic heterocycles. The van der Waals surface area contributed by atoms with Gasteiger partial charge >= 0.3 is 15.6 Å². The van der Waals surface area contributed by atoms with E-state index in [-0.39, 0.29) is 0 Å². The maximum absolute atomic E-state index is 10.8. The van der Waals surface area contributed by atoms with Crippen LogP contribution in [0.15, 0.2) is 0 Å². The van der Waals surface area contributed by atoms with E-state index in [2.05, 4.69) is 0 Å². The fraction of sp³-hybridized carbons (Fsp3) is 1.00. The monoisotopic (exact) mass is 237 g/mol. The van der Waals surface area contributed by atoms with E-state index in [0.717, 1.165) is 0 Å². The van der Waals surface area contributed by atoms with Crippen molar-refractivity contribution in [2.45, 2.75) is 0 Å². The van der Waals surface area contributed by atoms with Crippen molar-refractivity contribution in [3.05, 3.63) is 0 Å². The first-order chi connectivity index (χ1) is 5.12. The number of hydrogen-bond donors (Lipinski definition) is 4. The molecule has 0 fully saturated rings. The van der Waals surface area contributed by atoms with Gasteiger partial charge < -0.3 is 14.7 Å². The van der Waals surface area contributed by atoms with Gasteiger partial charge in [-0.05, 0) is 4.57 Å². The van der Waals surface area contributed by atoms with E-state index in [0.29, 0.717) is 0 Å². The van der Waals surface area contributed by atoms with Crippen molar-refractivity contribution in [3.63, 3.8) is 0 Å². The summed E-state index contributed by atoms with van der Waals surface area (Å²) in [5, 5.41) is 0. The van der Waals surface area contributed by atoms with Crippen LogP contribution >= 0.6 is 23.0 Å². The van der Waals surface area contributed by atoms with E-state index >= 15 is 0 Å². The van der Waals surface area contributed by atoms with Crippen molar-refractivity contribution >= 4 is 23.0 Å². The van der Waals surface area contributed by atoms with E-state index in [1.807, 2.05) is 0 Å². The Balaban J connectivity index is 4.35. The molecular formula is C2H8O7P3+. The van der Waals surface area contributed by atoms with Gasteiger partial charge in [-0.15, -0.1) is 0 Å². The Bertz CT molecular complexity index is 264. The van der Waals surface area contributed by atoms with Gasteiger partial charge in [0.05, 0.1) is 0 Å². The van der Waals surface area contributed by atoms with Crippen molar-refractivity contribution in [2.24, 2.45) is 0 Å². The van der Waals surface area contributed by atoms with E-state index < -0.39 is 34.8 Å². The van der Waals surface area contributed by atoms with Gasteiger partial charge in [-0.1, -0.05) is 0 Å². The summed E-state index contributed by atoms with van der Waals surface area (Å²) in [6.07, 6.45) is 0. The van der Waals surface area contributed by atoms with Gasteiger partial charge in [0.25, 0.3) is 13.3 Å². The summed E-state index contributed by atoms with van der Waals surface area (Å²) >= 11 is 0. The Morgan fingerprint density at radius 3 is 1.83 bits per heavy atom. The molecule has 0 amide bonds. The predicted molar refractivity (Wildman–Crippen MR) is 41.4 cm³/mol. The molecule has 0 saturated heterocycles. The summed E-state index contributed by atoms with van der Waals surface area (Å²) in [5.74, 6) is -2.23. The van der Waals surface area contributed by atoms with Crippen LogP contribution in [0.2, 0.25) is 0 Å². The van der Waals surface area contributed by atoms with E-state index in [1.165, 1.54) is 0 Å². The van der Waals surface area contributed by atoms with Crippen molar-refractivity contribution < 1.29 is 33.3 Å². The quantitative estimate of drug-likeness (QED) is 0.509. The van der Waals surface area contributed by atoms with Crippen LogP contribution in [-0.4, -0.2) is 31.4 Å². The second-order valence-corrected chi connectivity index (χ2v) is 8.14. The largest absolute Gasteiger partial charge is 0.515 e. The lowest BCUT2D eigenvalue weighted by atomic mass is 11.9. The van der Waals surface area contributed by atoms with Gasteiger partial charge in [0, 0.05) is 0 Å². The molecule has 0 spiro atoms. The Labute approximate surface area is 68.9 Å². The fourth-order valence-corrected chi connectivity index (χ4v) is 5.50. The SMILES string of the molecule is O=[P+](O)CP(=O)(O)CP(=O)(O)O. The molecule has 0 aliphatic rings. The van der Waals surface area contributed by atoms with E-state index in [9.17, 15) is 13.7 Å². The topological polar surface area (TPSA) is 132 Å². The van der Waals surface area contributed by atoms with Crippen LogP contribution < -0.4 is 0 Å². The molecule has 12 heavy (non-hydrogen) atoms. The number of rotatable bonds is 4. The second-order valence-electron chi connectivity index (χ2n) is 2.15. The maximum atomic E-state index is 10.8. The zero-order valence-corrected chi connectivity index (χ0v) is 8.45. The summed E-state index contributed by atoms with van der Waals surface area (Å²) in [6, 6.07) is 0. The third-order valence-corrected chi connectivity index (χ3v) is 6.72. The first-order valence-corrected chi connectivity index (χ1v) is 7.84. The lowest BCUT2D eigenvalue weighted by molar-refractivity contribution is 0.376. The Morgan fingerprint density at radius 2 is 1.58 bits per heavy atom. The first-order valence-electron chi connectivity index (χ1n) is 2.61. The Hall–Kier alpha value is 0.400. The molecule has 0 heterocycles. The van der Waals surface area contributed by atoms with Crippen LogP contribution in [0.3, 0.4) is 0 Å². The van der Waals surface area contributed by atoms with Gasteiger partial charge in [0.2, 0.25) is 0 Å². The molecule has 0 radical (unpaired) electrons. The van der Waals surface area contributed by atoms with Gasteiger partial charge in [0.1, 0.15) is 5.90 Å². The third kappa shape index (κ3) is 7.07. The molecule has 2 atom stereocenters. The van der Waals surface area contributed by atoms with Crippen LogP contribution in [0.5, 0.6) is 0 Å². The van der Waals surface area contributed by atoms with Crippen LogP contribution in [0.4, 0.5) is 0 Å². The standard InChI is InChI=1S/C2H7O7P3/c3-10(4)1-11(5,6)2-12(7,8)9/h1-2H2,(H3-,3,4,5,6,7,8,9)/p+1. The Kier molecular flexibility index (Phi) is 4.21. The van der Waals surface area contributed by atoms with Crippen LogP contribution in [0.25, 0.3) is 0 Å². The Morgan fingerprint density at radius 1 is 1.17 bits per heavy atom. The van der Waals surface area contributed by atoms with Gasteiger partial charge in [-0.3, -0.25) is 9.13 Å². The summed E-state index contributed by atoms with van der Waals surface area (Å²) < 4.78 is 31.0. The lowest BCUT2D eigenvalue weighted by Crippen LogP contribution is -1.92. The van der Waals surface area contributed by atoms with Crippen LogP contribution in [0.1, 0.15) is 0 Å². The highest BCUT2D eigenvalue weighted by atomic mass is 31.2. The highest BCUT2D eigenvalue weighted by Crippen LogP contribution is 2.57. The molecule has 2 unspecified atom stereocenters. The molecule has 0 aromatic carbocycles. The minimum Gasteiger partial charge on any atom is -0.341 e. The molecule has 0 aromatic rings. The highest BCUT2D eigenvalue weighted by Gasteiger charge is 2.36. The minimum absolute atomic E-state index is 0.979. The van der Waals surface area contributed by atoms with E-state index in [4.69, 9.17) is 19.6 Å². The van der Waals surface area contributed by atoms with E-state index in [1.54, 1.807) is 0 Å². The molecule has 10 heteroatoms. The molecule has 0 bridgehead atoms. The van der Waals surface area contributed by atoms with Crippen molar-refractivity contribution in [1.29, 1.82) is 0 Å². The second kappa shape index (κ2) is 4.07. The summed E-state index contributed by atoms with van der Waals surface area (Å²) in [6.45, 7) is 0. The molecule has 0 aliphatic carbocycles. The molecule has 7 nitrogen and oxygen atoms in total. The van der Waals surface area contributed by atoms with Crippen molar-refractivity contribution in [3.8, 4) is 0 Å². The zero-order chi connectivity index (χ0) is 9.99. The smallest absolute Gasteiger partial charge is 0.341 e. The predicted octanol–water partition coefficient (Wildman–Crippen LogP) is 0.0842. The molecule has 4 N–H and O–H groups in total. The van der Waals surface area contributed by atoms with Crippen LogP contribution in [0, 0.1) is 0 Å². The zero-order valence-electron chi connectivity index (χ0n) is 5.77. The van der Waals surface area contributed by atoms with Crippen molar-refractivity contribution in [2.75, 3.05) is 11.8 Å². The molecule has 72 valence electrons. The average Bonchev–Trinajstić information content (AvgIpc) is 1.48. The molecule has 0 saturated carbocycles. The minimum atomic E-state index is -4.60. The average molecular weight is 237 g/mol. The lowest BCUT2D eigenvalue weighted by Gasteiger charge is -2.05. The summed E-state index contributed by atoms with van der Waals surface area (Å²) in [7, 11) is -11.6. The highest BCUT2D eigenvalue weighted by molar-refractivity contribution is 7.77. The first kappa shape index (κ1) is 12.4.